The smallest absolute Gasteiger partial charge is 0.351 e. The second kappa shape index (κ2) is 8.43. The molecule has 1 aromatic carbocycles. The van der Waals surface area contributed by atoms with E-state index in [1.165, 1.54) is 30.9 Å². The number of hydrogen-bond acceptors (Lipinski definition) is 9. The van der Waals surface area contributed by atoms with Crippen LogP contribution in [0.25, 0.3) is 5.69 Å². The van der Waals surface area contributed by atoms with Gasteiger partial charge in [0.05, 0.1) is 12.3 Å². The lowest BCUT2D eigenvalue weighted by molar-refractivity contribution is 0.101. The number of hydrogen-bond donors (Lipinski definition) is 1. The Kier molecular flexibility index (Phi) is 5.78. The number of methoxy groups -OCH3 is 1. The van der Waals surface area contributed by atoms with Gasteiger partial charge in [-0.15, -0.1) is 0 Å². The highest BCUT2D eigenvalue weighted by molar-refractivity contribution is 6.01. The molecule has 1 amide bonds. The Morgan fingerprint density at radius 1 is 1.10 bits per heavy atom. The minimum Gasteiger partial charge on any atom is -0.491 e. The van der Waals surface area contributed by atoms with Crippen LogP contribution in [-0.2, 0) is 18.8 Å². The van der Waals surface area contributed by atoms with E-state index in [1.54, 1.807) is 19.2 Å². The van der Waals surface area contributed by atoms with E-state index in [9.17, 15) is 14.4 Å². The number of aromatic nitrogens is 7. The zero-order valence-electron chi connectivity index (χ0n) is 15.9. The topological polar surface area (TPSA) is 148 Å². The van der Waals surface area contributed by atoms with Crippen LogP contribution in [0.2, 0.25) is 0 Å². The summed E-state index contributed by atoms with van der Waals surface area (Å²) in [5.41, 5.74) is -1.82. The Morgan fingerprint density at radius 2 is 1.83 bits per heavy atom. The minimum absolute atomic E-state index is 0.0224. The molecule has 0 aliphatic rings. The number of nitrogens with zero attached hydrogens (tertiary/aromatic N) is 7. The van der Waals surface area contributed by atoms with Gasteiger partial charge in [-0.1, -0.05) is 5.10 Å². The quantitative estimate of drug-likeness (QED) is 0.478. The van der Waals surface area contributed by atoms with Gasteiger partial charge in [0.15, 0.2) is 0 Å². The lowest BCUT2D eigenvalue weighted by Gasteiger charge is -2.10. The standard InChI is InChI=1S/C16H18N8O5/c1-22-15(18-20-21-22)17-13(25)12-14(26)24(16(27)23(2)19-12)10-4-6-11(7-5-10)29-9-8-28-3/h4-7H,8-9H2,1-3H3,(H,17,18,21,25). The zero-order valence-corrected chi connectivity index (χ0v) is 15.9. The number of carbonyl (C=O) groups is 1. The molecule has 13 nitrogen and oxygen atoms in total. The van der Waals surface area contributed by atoms with Gasteiger partial charge < -0.3 is 9.47 Å². The molecule has 13 heteroatoms. The lowest BCUT2D eigenvalue weighted by atomic mass is 10.3. The first kappa shape index (κ1) is 19.9. The van der Waals surface area contributed by atoms with Gasteiger partial charge in [0.1, 0.15) is 12.4 Å². The van der Waals surface area contributed by atoms with E-state index in [-0.39, 0.29) is 11.6 Å². The molecule has 0 saturated carbocycles. The van der Waals surface area contributed by atoms with Gasteiger partial charge in [0.2, 0.25) is 11.6 Å². The number of aryl methyl sites for hydroxylation is 2. The molecule has 2 aromatic heterocycles. The molecule has 3 rings (SSSR count). The van der Waals surface area contributed by atoms with Crippen molar-refractivity contribution in [2.45, 2.75) is 0 Å². The van der Waals surface area contributed by atoms with Crippen LogP contribution < -0.4 is 21.3 Å². The summed E-state index contributed by atoms with van der Waals surface area (Å²) in [7, 11) is 4.41. The number of rotatable bonds is 7. The van der Waals surface area contributed by atoms with E-state index in [0.29, 0.717) is 19.0 Å². The van der Waals surface area contributed by atoms with Crippen LogP contribution in [-0.4, -0.2) is 60.8 Å². The number of ether oxygens (including phenoxy) is 2. The number of amides is 1. The number of benzene rings is 1. The number of carbonyl (C=O) groups excluding carboxylic acids is 1. The van der Waals surface area contributed by atoms with E-state index in [0.717, 1.165) is 9.25 Å². The van der Waals surface area contributed by atoms with Gasteiger partial charge in [0, 0.05) is 21.2 Å². The van der Waals surface area contributed by atoms with Crippen LogP contribution in [0, 0.1) is 0 Å². The van der Waals surface area contributed by atoms with Crippen molar-refractivity contribution < 1.29 is 14.3 Å². The molecule has 0 unspecified atom stereocenters. The SMILES string of the molecule is COCCOc1ccc(-n2c(=O)c(C(=O)Nc3nnnn3C)nn(C)c2=O)cc1. The molecule has 0 spiro atoms. The van der Waals surface area contributed by atoms with Gasteiger partial charge in [-0.25, -0.2) is 18.7 Å². The van der Waals surface area contributed by atoms with Gasteiger partial charge in [-0.2, -0.15) is 5.10 Å². The number of nitrogens with one attached hydrogen (secondary N) is 1. The predicted octanol–water partition coefficient (Wildman–Crippen LogP) is -1.27. The van der Waals surface area contributed by atoms with E-state index in [1.807, 2.05) is 0 Å². The fourth-order valence-electron chi connectivity index (χ4n) is 2.37. The van der Waals surface area contributed by atoms with Crippen molar-refractivity contribution in [3.8, 4) is 11.4 Å². The molecule has 0 aliphatic heterocycles. The summed E-state index contributed by atoms with van der Waals surface area (Å²) in [5.74, 6) is -0.289. The first-order valence-corrected chi connectivity index (χ1v) is 8.38. The maximum Gasteiger partial charge on any atom is 0.351 e. The Bertz CT molecular complexity index is 1130. The molecule has 0 radical (unpaired) electrons. The summed E-state index contributed by atoms with van der Waals surface area (Å²) >= 11 is 0. The highest BCUT2D eigenvalue weighted by Gasteiger charge is 2.21. The normalized spacial score (nSPS) is 10.7. The van der Waals surface area contributed by atoms with Crippen molar-refractivity contribution in [1.82, 2.24) is 34.6 Å². The van der Waals surface area contributed by atoms with E-state index < -0.39 is 22.9 Å². The molecule has 0 saturated heterocycles. The van der Waals surface area contributed by atoms with Crippen molar-refractivity contribution in [3.05, 3.63) is 50.8 Å². The predicted molar refractivity (Wildman–Crippen MR) is 99.2 cm³/mol. The summed E-state index contributed by atoms with van der Waals surface area (Å²) < 4.78 is 13.3. The van der Waals surface area contributed by atoms with E-state index in [2.05, 4.69) is 25.9 Å². The third-order valence-electron chi connectivity index (χ3n) is 3.84. The molecule has 29 heavy (non-hydrogen) atoms. The fraction of sp³-hybridized carbons (Fsp3) is 0.312. The Labute approximate surface area is 163 Å². The van der Waals surface area contributed by atoms with Gasteiger partial charge in [-0.05, 0) is 34.7 Å². The van der Waals surface area contributed by atoms with Crippen LogP contribution >= 0.6 is 0 Å². The monoisotopic (exact) mass is 402 g/mol. The molecule has 3 aromatic rings. The molecule has 152 valence electrons. The molecule has 0 aliphatic carbocycles. The summed E-state index contributed by atoms with van der Waals surface area (Å²) in [6, 6.07) is 6.25. The maximum atomic E-state index is 12.8. The second-order valence-electron chi connectivity index (χ2n) is 5.81. The Hall–Kier alpha value is -3.87. The van der Waals surface area contributed by atoms with Crippen molar-refractivity contribution in [3.63, 3.8) is 0 Å². The van der Waals surface area contributed by atoms with Crippen molar-refractivity contribution in [1.29, 1.82) is 0 Å². The molecule has 0 atom stereocenters. The van der Waals surface area contributed by atoms with Crippen molar-refractivity contribution in [2.24, 2.45) is 14.1 Å². The molecule has 0 fully saturated rings. The summed E-state index contributed by atoms with van der Waals surface area (Å²) in [6.45, 7) is 0.777. The second-order valence-corrected chi connectivity index (χ2v) is 5.81. The highest BCUT2D eigenvalue weighted by Crippen LogP contribution is 2.13. The summed E-state index contributed by atoms with van der Waals surface area (Å²) in [4.78, 5) is 37.8. The average molecular weight is 402 g/mol. The Morgan fingerprint density at radius 3 is 2.45 bits per heavy atom. The largest absolute Gasteiger partial charge is 0.491 e. The number of tetrazole rings is 1. The third kappa shape index (κ3) is 4.19. The number of anilines is 1. The molecule has 2 heterocycles. The Balaban J connectivity index is 1.95. The van der Waals surface area contributed by atoms with Gasteiger partial charge >= 0.3 is 5.69 Å². The lowest BCUT2D eigenvalue weighted by Crippen LogP contribution is -2.43. The van der Waals surface area contributed by atoms with Crippen LogP contribution in [0.5, 0.6) is 5.75 Å². The molecule has 0 bridgehead atoms. The van der Waals surface area contributed by atoms with E-state index >= 15 is 0 Å². The van der Waals surface area contributed by atoms with Crippen LogP contribution in [0.4, 0.5) is 5.95 Å². The van der Waals surface area contributed by atoms with Gasteiger partial charge in [-0.3, -0.25) is 14.9 Å². The van der Waals surface area contributed by atoms with Crippen LogP contribution in [0.15, 0.2) is 33.9 Å². The van der Waals surface area contributed by atoms with Crippen LogP contribution in [0.1, 0.15) is 10.5 Å². The minimum atomic E-state index is -0.881. The maximum absolute atomic E-state index is 12.8. The molecule has 1 N–H and O–H groups in total. The van der Waals surface area contributed by atoms with Gasteiger partial charge in [0.25, 0.3) is 11.5 Å². The van der Waals surface area contributed by atoms with E-state index in [4.69, 9.17) is 9.47 Å². The zero-order chi connectivity index (χ0) is 21.0. The van der Waals surface area contributed by atoms with Crippen molar-refractivity contribution in [2.75, 3.05) is 25.6 Å². The van der Waals surface area contributed by atoms with Crippen LogP contribution in [0.3, 0.4) is 0 Å². The average Bonchev–Trinajstić information content (AvgIpc) is 3.10. The summed E-state index contributed by atoms with van der Waals surface area (Å²) in [5, 5.41) is 16.7. The first-order valence-electron chi connectivity index (χ1n) is 8.38. The highest BCUT2D eigenvalue weighted by atomic mass is 16.5. The fourth-order valence-corrected chi connectivity index (χ4v) is 2.37. The van der Waals surface area contributed by atoms with Crippen molar-refractivity contribution >= 4 is 11.9 Å². The molecular formula is C16H18N8O5. The summed E-state index contributed by atoms with van der Waals surface area (Å²) in [6.07, 6.45) is 0. The third-order valence-corrected chi connectivity index (χ3v) is 3.84. The molecular weight excluding hydrogens is 384 g/mol. The first-order chi connectivity index (χ1) is 13.9.